The smallest absolute Gasteiger partial charge is 0.222 e. The Morgan fingerprint density at radius 1 is 1.12 bits per heavy atom. The van der Waals surface area contributed by atoms with Crippen molar-refractivity contribution in [3.8, 4) is 0 Å². The van der Waals surface area contributed by atoms with Gasteiger partial charge in [-0.2, -0.15) is 4.98 Å². The minimum atomic E-state index is 0.326. The van der Waals surface area contributed by atoms with Crippen LogP contribution in [0.25, 0.3) is 0 Å². The lowest BCUT2D eigenvalue weighted by Crippen LogP contribution is -2.34. The highest BCUT2D eigenvalue weighted by atomic mass is 15.1. The molecule has 1 aromatic carbocycles. The molecule has 2 aromatic rings. The second-order valence-corrected chi connectivity index (χ2v) is 7.24. The van der Waals surface area contributed by atoms with Crippen LogP contribution in [0.15, 0.2) is 30.3 Å². The van der Waals surface area contributed by atoms with Crippen LogP contribution in [0.2, 0.25) is 0 Å². The SMILES string of the molecule is Nc1nc(NCC2CCCNC2)c2c(n1)C(c1ccccc1)CCC2. The van der Waals surface area contributed by atoms with Crippen LogP contribution in [0.5, 0.6) is 0 Å². The van der Waals surface area contributed by atoms with E-state index in [9.17, 15) is 0 Å². The second-order valence-electron chi connectivity index (χ2n) is 7.24. The van der Waals surface area contributed by atoms with Gasteiger partial charge in [-0.1, -0.05) is 30.3 Å². The Balaban J connectivity index is 1.60. The Bertz CT molecular complexity index is 710. The van der Waals surface area contributed by atoms with Crippen LogP contribution in [0.1, 0.15) is 48.4 Å². The van der Waals surface area contributed by atoms with Crippen LogP contribution in [0, 0.1) is 5.92 Å². The molecule has 1 aliphatic heterocycles. The first-order valence-corrected chi connectivity index (χ1v) is 9.47. The predicted octanol–water partition coefficient (Wildman–Crippen LogP) is 2.94. The molecule has 0 amide bonds. The Hall–Kier alpha value is -2.14. The molecule has 4 N–H and O–H groups in total. The van der Waals surface area contributed by atoms with Gasteiger partial charge >= 0.3 is 0 Å². The third kappa shape index (κ3) is 3.61. The third-order valence-corrected chi connectivity index (χ3v) is 5.47. The van der Waals surface area contributed by atoms with Crippen molar-refractivity contribution in [2.75, 3.05) is 30.7 Å². The number of hydrogen-bond acceptors (Lipinski definition) is 5. The van der Waals surface area contributed by atoms with Gasteiger partial charge in [0.1, 0.15) is 5.82 Å². The van der Waals surface area contributed by atoms with Gasteiger partial charge in [-0.25, -0.2) is 4.98 Å². The fraction of sp³-hybridized carbons (Fsp3) is 0.500. The molecule has 1 fully saturated rings. The Labute approximate surface area is 149 Å². The summed E-state index contributed by atoms with van der Waals surface area (Å²) >= 11 is 0. The third-order valence-electron chi connectivity index (χ3n) is 5.47. The molecule has 0 radical (unpaired) electrons. The normalized spacial score (nSPS) is 23.0. The van der Waals surface area contributed by atoms with Crippen molar-refractivity contribution in [1.29, 1.82) is 0 Å². The Kier molecular flexibility index (Phi) is 4.83. The number of nitrogen functional groups attached to an aromatic ring is 1. The zero-order valence-corrected chi connectivity index (χ0v) is 14.7. The molecule has 5 nitrogen and oxygen atoms in total. The Morgan fingerprint density at radius 2 is 2.00 bits per heavy atom. The molecule has 1 saturated heterocycles. The number of benzene rings is 1. The van der Waals surface area contributed by atoms with E-state index < -0.39 is 0 Å². The summed E-state index contributed by atoms with van der Waals surface area (Å²) in [6.07, 6.45) is 5.85. The van der Waals surface area contributed by atoms with Crippen LogP contribution < -0.4 is 16.4 Å². The van der Waals surface area contributed by atoms with Gasteiger partial charge in [0.2, 0.25) is 5.95 Å². The van der Waals surface area contributed by atoms with Crippen molar-refractivity contribution < 1.29 is 0 Å². The largest absolute Gasteiger partial charge is 0.369 e. The molecular formula is C20H27N5. The fourth-order valence-electron chi connectivity index (χ4n) is 4.17. The number of anilines is 2. The van der Waals surface area contributed by atoms with Crippen LogP contribution >= 0.6 is 0 Å². The summed E-state index contributed by atoms with van der Waals surface area (Å²) in [5.74, 6) is 2.32. The predicted molar refractivity (Wildman–Crippen MR) is 102 cm³/mol. The highest BCUT2D eigenvalue weighted by molar-refractivity contribution is 5.53. The molecule has 0 bridgehead atoms. The van der Waals surface area contributed by atoms with Gasteiger partial charge in [0.25, 0.3) is 0 Å². The van der Waals surface area contributed by atoms with E-state index in [0.717, 1.165) is 44.0 Å². The molecule has 4 rings (SSSR count). The topological polar surface area (TPSA) is 75.9 Å². The van der Waals surface area contributed by atoms with E-state index in [-0.39, 0.29) is 0 Å². The van der Waals surface area contributed by atoms with E-state index in [4.69, 9.17) is 5.73 Å². The van der Waals surface area contributed by atoms with Gasteiger partial charge in [0.15, 0.2) is 0 Å². The van der Waals surface area contributed by atoms with E-state index in [0.29, 0.717) is 17.8 Å². The summed E-state index contributed by atoms with van der Waals surface area (Å²) in [7, 11) is 0. The second kappa shape index (κ2) is 7.40. The number of piperidine rings is 1. The van der Waals surface area contributed by atoms with Gasteiger partial charge in [-0.3, -0.25) is 0 Å². The quantitative estimate of drug-likeness (QED) is 0.800. The zero-order chi connectivity index (χ0) is 17.1. The average molecular weight is 337 g/mol. The molecule has 1 aliphatic carbocycles. The van der Waals surface area contributed by atoms with Crippen molar-refractivity contribution in [2.45, 2.75) is 38.0 Å². The van der Waals surface area contributed by atoms with E-state index in [1.807, 2.05) is 0 Å². The first-order chi connectivity index (χ1) is 12.3. The monoisotopic (exact) mass is 337 g/mol. The van der Waals surface area contributed by atoms with E-state index in [1.165, 1.54) is 30.4 Å². The number of nitrogens with two attached hydrogens (primary N) is 1. The number of nitrogens with one attached hydrogen (secondary N) is 2. The minimum Gasteiger partial charge on any atom is -0.369 e. The summed E-state index contributed by atoms with van der Waals surface area (Å²) in [5.41, 5.74) is 9.76. The van der Waals surface area contributed by atoms with Crippen molar-refractivity contribution in [2.24, 2.45) is 5.92 Å². The number of fused-ring (bicyclic) bond motifs is 1. The number of aromatic nitrogens is 2. The standard InChI is InChI=1S/C20H27N5/c21-20-24-18-16(15-7-2-1-3-8-15)9-4-10-17(18)19(25-20)23-13-14-6-5-11-22-12-14/h1-3,7-8,14,16,22H,4-6,9-13H2,(H3,21,23,24,25). The molecule has 2 heterocycles. The highest BCUT2D eigenvalue weighted by Crippen LogP contribution is 2.38. The van der Waals surface area contributed by atoms with E-state index >= 15 is 0 Å². The maximum absolute atomic E-state index is 6.06. The van der Waals surface area contributed by atoms with Gasteiger partial charge in [0, 0.05) is 18.0 Å². The van der Waals surface area contributed by atoms with Crippen LogP contribution in [-0.2, 0) is 6.42 Å². The van der Waals surface area contributed by atoms with Gasteiger partial charge in [0.05, 0.1) is 5.69 Å². The molecular weight excluding hydrogens is 310 g/mol. The Morgan fingerprint density at radius 3 is 2.80 bits per heavy atom. The molecule has 0 saturated carbocycles. The molecule has 25 heavy (non-hydrogen) atoms. The summed E-state index contributed by atoms with van der Waals surface area (Å²) in [5, 5.41) is 7.06. The van der Waals surface area contributed by atoms with Crippen molar-refractivity contribution >= 4 is 11.8 Å². The van der Waals surface area contributed by atoms with Gasteiger partial charge in [-0.15, -0.1) is 0 Å². The minimum absolute atomic E-state index is 0.326. The van der Waals surface area contributed by atoms with Gasteiger partial charge < -0.3 is 16.4 Å². The summed E-state index contributed by atoms with van der Waals surface area (Å²) in [6.45, 7) is 3.18. The van der Waals surface area contributed by atoms with E-state index in [1.54, 1.807) is 0 Å². The number of hydrogen-bond donors (Lipinski definition) is 3. The molecule has 1 aromatic heterocycles. The lowest BCUT2D eigenvalue weighted by molar-refractivity contribution is 0.392. The molecule has 5 heteroatoms. The maximum Gasteiger partial charge on any atom is 0.222 e. The van der Waals surface area contributed by atoms with Gasteiger partial charge in [-0.05, 0) is 56.7 Å². The van der Waals surface area contributed by atoms with Crippen molar-refractivity contribution in [1.82, 2.24) is 15.3 Å². The number of nitrogens with zero attached hydrogens (tertiary/aromatic N) is 2. The lowest BCUT2D eigenvalue weighted by atomic mass is 9.82. The maximum atomic E-state index is 6.06. The first-order valence-electron chi connectivity index (χ1n) is 9.47. The molecule has 0 spiro atoms. The molecule has 2 aliphatic rings. The summed E-state index contributed by atoms with van der Waals surface area (Å²) in [4.78, 5) is 9.18. The van der Waals surface area contributed by atoms with Crippen LogP contribution in [-0.4, -0.2) is 29.6 Å². The lowest BCUT2D eigenvalue weighted by Gasteiger charge is -2.28. The first kappa shape index (κ1) is 16.3. The van der Waals surface area contributed by atoms with E-state index in [2.05, 4.69) is 50.9 Å². The number of rotatable bonds is 4. The summed E-state index contributed by atoms with van der Waals surface area (Å²) < 4.78 is 0. The van der Waals surface area contributed by atoms with Crippen molar-refractivity contribution in [3.63, 3.8) is 0 Å². The van der Waals surface area contributed by atoms with Crippen LogP contribution in [0.4, 0.5) is 11.8 Å². The highest BCUT2D eigenvalue weighted by Gasteiger charge is 2.27. The fourth-order valence-corrected chi connectivity index (χ4v) is 4.17. The van der Waals surface area contributed by atoms with Crippen molar-refractivity contribution in [3.05, 3.63) is 47.2 Å². The average Bonchev–Trinajstić information content (AvgIpc) is 2.67. The summed E-state index contributed by atoms with van der Waals surface area (Å²) in [6, 6.07) is 10.7. The zero-order valence-electron chi connectivity index (χ0n) is 14.7. The molecule has 132 valence electrons. The molecule has 2 atom stereocenters. The molecule has 2 unspecified atom stereocenters. The van der Waals surface area contributed by atoms with Crippen LogP contribution in [0.3, 0.4) is 0 Å².